The molecule has 1 aromatic rings. The minimum atomic E-state index is -0.106. The zero-order valence-electron chi connectivity index (χ0n) is 10.8. The van der Waals surface area contributed by atoms with Crippen molar-refractivity contribution >= 4 is 22.4 Å². The smallest absolute Gasteiger partial charge is 0.243 e. The maximum atomic E-state index is 12.1. The molecule has 1 saturated heterocycles. The van der Waals surface area contributed by atoms with Crippen LogP contribution >= 0.6 is 11.3 Å². The van der Waals surface area contributed by atoms with Gasteiger partial charge >= 0.3 is 0 Å². The molecule has 6 heteroatoms. The molecule has 0 aromatic carbocycles. The van der Waals surface area contributed by atoms with Crippen molar-refractivity contribution in [1.82, 2.24) is 15.2 Å². The fourth-order valence-electron chi connectivity index (χ4n) is 2.25. The molecule has 2 N–H and O–H groups in total. The highest BCUT2D eigenvalue weighted by atomic mass is 32.1. The number of anilines is 1. The number of likely N-dealkylation sites (tertiary alicyclic amines) is 1. The lowest BCUT2D eigenvalue weighted by atomic mass is 10.0. The molecule has 2 rings (SSSR count). The summed E-state index contributed by atoms with van der Waals surface area (Å²) in [6, 6.07) is 0.388. The number of nitrogens with one attached hydrogen (secondary N) is 2. The van der Waals surface area contributed by atoms with Gasteiger partial charge in [0.25, 0.3) is 0 Å². The van der Waals surface area contributed by atoms with E-state index in [0.717, 1.165) is 19.5 Å². The third-order valence-corrected chi connectivity index (χ3v) is 4.14. The van der Waals surface area contributed by atoms with Gasteiger partial charge in [0, 0.05) is 24.2 Å². The van der Waals surface area contributed by atoms with Crippen molar-refractivity contribution in [3.63, 3.8) is 0 Å². The number of aromatic nitrogens is 1. The lowest BCUT2D eigenvalue weighted by molar-refractivity contribution is -0.121. The van der Waals surface area contributed by atoms with Crippen LogP contribution < -0.4 is 10.6 Å². The lowest BCUT2D eigenvalue weighted by Gasteiger charge is -2.35. The van der Waals surface area contributed by atoms with E-state index in [2.05, 4.69) is 20.5 Å². The molecule has 2 heterocycles. The van der Waals surface area contributed by atoms with Gasteiger partial charge in [0.15, 0.2) is 5.13 Å². The number of carbonyl (C=O) groups excluding carboxylic acids is 1. The molecule has 0 spiro atoms. The predicted octanol–water partition coefficient (Wildman–Crippen LogP) is 1.15. The van der Waals surface area contributed by atoms with Gasteiger partial charge in [-0.2, -0.15) is 0 Å². The molecule has 1 amide bonds. The molecule has 0 bridgehead atoms. The number of nitrogens with zero attached hydrogens (tertiary/aromatic N) is 2. The SMILES string of the molecule is CNC1CCCN(C(C)C(=O)Nc2nccs2)C1. The fraction of sp³-hybridized carbons (Fsp3) is 0.667. The van der Waals surface area contributed by atoms with Gasteiger partial charge in [-0.25, -0.2) is 4.98 Å². The summed E-state index contributed by atoms with van der Waals surface area (Å²) in [5.41, 5.74) is 0. The summed E-state index contributed by atoms with van der Waals surface area (Å²) >= 11 is 1.45. The van der Waals surface area contributed by atoms with Crippen LogP contribution in [0.2, 0.25) is 0 Å². The van der Waals surface area contributed by atoms with Crippen LogP contribution in [0.4, 0.5) is 5.13 Å². The largest absolute Gasteiger partial charge is 0.316 e. The van der Waals surface area contributed by atoms with E-state index in [0.29, 0.717) is 11.2 Å². The topological polar surface area (TPSA) is 57.3 Å². The number of rotatable bonds is 4. The Hall–Kier alpha value is -0.980. The Morgan fingerprint density at radius 3 is 3.17 bits per heavy atom. The molecule has 1 aliphatic rings. The van der Waals surface area contributed by atoms with Crippen LogP contribution in [0.3, 0.4) is 0 Å². The number of amides is 1. The Balaban J connectivity index is 1.89. The molecule has 2 unspecified atom stereocenters. The average Bonchev–Trinajstić information content (AvgIpc) is 2.90. The van der Waals surface area contributed by atoms with Crippen molar-refractivity contribution in [3.8, 4) is 0 Å². The Morgan fingerprint density at radius 1 is 1.67 bits per heavy atom. The van der Waals surface area contributed by atoms with Gasteiger partial charge < -0.3 is 10.6 Å². The second-order valence-corrected chi connectivity index (χ2v) is 5.52. The summed E-state index contributed by atoms with van der Waals surface area (Å²) < 4.78 is 0. The van der Waals surface area contributed by atoms with Gasteiger partial charge in [0.2, 0.25) is 5.91 Å². The summed E-state index contributed by atoms with van der Waals surface area (Å²) in [5, 5.41) is 8.68. The second kappa shape index (κ2) is 6.26. The first-order valence-electron chi connectivity index (χ1n) is 6.32. The zero-order chi connectivity index (χ0) is 13.0. The highest BCUT2D eigenvalue weighted by molar-refractivity contribution is 7.13. The van der Waals surface area contributed by atoms with Crippen LogP contribution in [0, 0.1) is 0 Å². The molecule has 5 nitrogen and oxygen atoms in total. The molecule has 0 radical (unpaired) electrons. The van der Waals surface area contributed by atoms with Crippen molar-refractivity contribution in [1.29, 1.82) is 0 Å². The van der Waals surface area contributed by atoms with Crippen LogP contribution in [-0.2, 0) is 4.79 Å². The van der Waals surface area contributed by atoms with E-state index >= 15 is 0 Å². The van der Waals surface area contributed by atoms with E-state index in [1.807, 2.05) is 19.4 Å². The van der Waals surface area contributed by atoms with Gasteiger partial charge in [-0.1, -0.05) is 0 Å². The Bertz CT molecular complexity index is 381. The molecule has 0 aliphatic carbocycles. The number of thiazole rings is 1. The first-order chi connectivity index (χ1) is 8.70. The average molecular weight is 268 g/mol. The normalized spacial score (nSPS) is 22.7. The first kappa shape index (κ1) is 13.5. The molecular weight excluding hydrogens is 248 g/mol. The monoisotopic (exact) mass is 268 g/mol. The van der Waals surface area contributed by atoms with Crippen LogP contribution in [-0.4, -0.2) is 48.0 Å². The number of piperidine rings is 1. The molecule has 18 heavy (non-hydrogen) atoms. The lowest BCUT2D eigenvalue weighted by Crippen LogP contribution is -2.51. The fourth-order valence-corrected chi connectivity index (χ4v) is 2.79. The third-order valence-electron chi connectivity index (χ3n) is 3.45. The zero-order valence-corrected chi connectivity index (χ0v) is 11.7. The molecule has 2 atom stereocenters. The van der Waals surface area contributed by atoms with Crippen molar-refractivity contribution in [2.24, 2.45) is 0 Å². The van der Waals surface area contributed by atoms with E-state index in [1.165, 1.54) is 17.8 Å². The van der Waals surface area contributed by atoms with E-state index in [1.54, 1.807) is 6.20 Å². The number of hydrogen-bond donors (Lipinski definition) is 2. The first-order valence-corrected chi connectivity index (χ1v) is 7.20. The maximum Gasteiger partial charge on any atom is 0.243 e. The maximum absolute atomic E-state index is 12.1. The molecule has 0 saturated carbocycles. The molecule has 100 valence electrons. The van der Waals surface area contributed by atoms with Gasteiger partial charge in [0.1, 0.15) is 0 Å². The highest BCUT2D eigenvalue weighted by Gasteiger charge is 2.26. The molecule has 1 aromatic heterocycles. The summed E-state index contributed by atoms with van der Waals surface area (Å²) in [6.07, 6.45) is 4.02. The molecule has 1 aliphatic heterocycles. The van der Waals surface area contributed by atoms with E-state index in [9.17, 15) is 4.79 Å². The van der Waals surface area contributed by atoms with Crippen molar-refractivity contribution in [2.45, 2.75) is 31.8 Å². The number of hydrogen-bond acceptors (Lipinski definition) is 5. The van der Waals surface area contributed by atoms with Crippen LogP contribution in [0.1, 0.15) is 19.8 Å². The standard InChI is InChI=1S/C12H20N4OS/c1-9(11(17)15-12-14-5-7-18-12)16-6-3-4-10(8-16)13-2/h5,7,9-10,13H,3-4,6,8H2,1-2H3,(H,14,15,17). The van der Waals surface area contributed by atoms with E-state index in [-0.39, 0.29) is 11.9 Å². The van der Waals surface area contributed by atoms with Gasteiger partial charge in [0.05, 0.1) is 6.04 Å². The van der Waals surface area contributed by atoms with Crippen LogP contribution in [0.25, 0.3) is 0 Å². The van der Waals surface area contributed by atoms with Crippen molar-refractivity contribution < 1.29 is 4.79 Å². The Morgan fingerprint density at radius 2 is 2.50 bits per heavy atom. The summed E-state index contributed by atoms with van der Waals surface area (Å²) in [5.74, 6) is 0.0294. The molecule has 1 fully saturated rings. The minimum absolute atomic E-state index is 0.0294. The van der Waals surface area contributed by atoms with Crippen LogP contribution in [0.15, 0.2) is 11.6 Å². The van der Waals surface area contributed by atoms with Crippen molar-refractivity contribution in [2.75, 3.05) is 25.5 Å². The quantitative estimate of drug-likeness (QED) is 0.860. The van der Waals surface area contributed by atoms with E-state index in [4.69, 9.17) is 0 Å². The Kier molecular flexibility index (Phi) is 4.68. The highest BCUT2D eigenvalue weighted by Crippen LogP contribution is 2.15. The van der Waals surface area contributed by atoms with Crippen LogP contribution in [0.5, 0.6) is 0 Å². The number of likely N-dealkylation sites (N-methyl/N-ethyl adjacent to an activating group) is 1. The predicted molar refractivity (Wildman–Crippen MR) is 73.9 cm³/mol. The van der Waals surface area contributed by atoms with Crippen molar-refractivity contribution in [3.05, 3.63) is 11.6 Å². The van der Waals surface area contributed by atoms with E-state index < -0.39 is 0 Å². The number of carbonyl (C=O) groups is 1. The third kappa shape index (κ3) is 3.28. The van der Waals surface area contributed by atoms with Gasteiger partial charge in [-0.15, -0.1) is 11.3 Å². The summed E-state index contributed by atoms with van der Waals surface area (Å²) in [7, 11) is 1.98. The Labute approximate surface area is 112 Å². The second-order valence-electron chi connectivity index (χ2n) is 4.63. The minimum Gasteiger partial charge on any atom is -0.316 e. The molecular formula is C12H20N4OS. The van der Waals surface area contributed by atoms with Gasteiger partial charge in [-0.3, -0.25) is 9.69 Å². The van der Waals surface area contributed by atoms with Gasteiger partial charge in [-0.05, 0) is 33.4 Å². The summed E-state index contributed by atoms with van der Waals surface area (Å²) in [4.78, 5) is 18.4. The summed E-state index contributed by atoms with van der Waals surface area (Å²) in [6.45, 7) is 3.88.